The lowest BCUT2D eigenvalue weighted by Crippen LogP contribution is -1.99. The summed E-state index contributed by atoms with van der Waals surface area (Å²) in [5, 5.41) is 0. The first-order valence-electron chi connectivity index (χ1n) is 6.07. The molecule has 0 spiro atoms. The zero-order chi connectivity index (χ0) is 14.0. The molecule has 0 saturated carbocycles. The van der Waals surface area contributed by atoms with Crippen molar-refractivity contribution in [3.63, 3.8) is 0 Å². The van der Waals surface area contributed by atoms with Crippen LogP contribution in [0, 0.1) is 19.7 Å². The summed E-state index contributed by atoms with van der Waals surface area (Å²) in [6.07, 6.45) is 0. The fourth-order valence-corrected chi connectivity index (χ4v) is 3.18. The molecule has 0 N–H and O–H groups in total. The average molecular weight is 323 g/mol. The number of benzene rings is 2. The van der Waals surface area contributed by atoms with Gasteiger partial charge < -0.3 is 4.74 Å². The van der Waals surface area contributed by atoms with Crippen LogP contribution in [0.25, 0.3) is 0 Å². The van der Waals surface area contributed by atoms with Gasteiger partial charge in [0.15, 0.2) is 0 Å². The zero-order valence-electron chi connectivity index (χ0n) is 11.2. The summed E-state index contributed by atoms with van der Waals surface area (Å²) in [5.74, 6) is 0.643. The van der Waals surface area contributed by atoms with Crippen LogP contribution >= 0.6 is 15.9 Å². The second kappa shape index (κ2) is 5.74. The number of hydrogen-bond donors (Lipinski definition) is 0. The molecular formula is C16H16BrFO. The van der Waals surface area contributed by atoms with E-state index in [0.29, 0.717) is 0 Å². The van der Waals surface area contributed by atoms with Crippen molar-refractivity contribution in [2.24, 2.45) is 0 Å². The van der Waals surface area contributed by atoms with Crippen molar-refractivity contribution in [1.82, 2.24) is 0 Å². The Morgan fingerprint density at radius 1 is 1.00 bits per heavy atom. The van der Waals surface area contributed by atoms with Gasteiger partial charge in [-0.3, -0.25) is 0 Å². The molecule has 0 aliphatic carbocycles. The van der Waals surface area contributed by atoms with E-state index < -0.39 is 0 Å². The lowest BCUT2D eigenvalue weighted by Gasteiger charge is -2.16. The van der Waals surface area contributed by atoms with E-state index in [4.69, 9.17) is 4.74 Å². The average Bonchev–Trinajstić information content (AvgIpc) is 2.37. The molecule has 1 nitrogen and oxygen atoms in total. The van der Waals surface area contributed by atoms with Gasteiger partial charge in [-0.15, -0.1) is 0 Å². The summed E-state index contributed by atoms with van der Waals surface area (Å²) < 4.78 is 18.4. The first-order chi connectivity index (χ1) is 9.02. The maximum atomic E-state index is 13.2. The van der Waals surface area contributed by atoms with Crippen LogP contribution in [0.15, 0.2) is 36.4 Å². The van der Waals surface area contributed by atoms with Crippen LogP contribution < -0.4 is 4.74 Å². The molecule has 0 heterocycles. The number of rotatable bonds is 3. The van der Waals surface area contributed by atoms with Gasteiger partial charge in [0, 0.05) is 0 Å². The van der Waals surface area contributed by atoms with Gasteiger partial charge in [-0.1, -0.05) is 28.1 Å². The Morgan fingerprint density at radius 3 is 2.11 bits per heavy atom. The highest BCUT2D eigenvalue weighted by molar-refractivity contribution is 9.09. The van der Waals surface area contributed by atoms with Gasteiger partial charge in [-0.2, -0.15) is 0 Å². The Kier molecular flexibility index (Phi) is 4.25. The van der Waals surface area contributed by atoms with E-state index in [9.17, 15) is 4.39 Å². The van der Waals surface area contributed by atoms with Gasteiger partial charge in [0.2, 0.25) is 0 Å². The molecule has 3 heteroatoms. The van der Waals surface area contributed by atoms with Crippen molar-refractivity contribution in [2.75, 3.05) is 7.11 Å². The predicted molar refractivity (Wildman–Crippen MR) is 79.6 cm³/mol. The summed E-state index contributed by atoms with van der Waals surface area (Å²) in [6.45, 7) is 3.97. The standard InChI is InChI=1S/C16H16BrFO/c1-10-8-12(18)4-6-14(10)16(17)15-7-5-13(19-3)9-11(15)2/h4-9,16H,1-3H3. The Morgan fingerprint density at radius 2 is 1.58 bits per heavy atom. The molecule has 2 aromatic rings. The molecule has 2 aromatic carbocycles. The Balaban J connectivity index is 2.41. The van der Waals surface area contributed by atoms with Crippen molar-refractivity contribution in [2.45, 2.75) is 18.7 Å². The summed E-state index contributed by atoms with van der Waals surface area (Å²) in [6, 6.07) is 10.9. The number of aryl methyl sites for hydroxylation is 2. The number of halogens is 2. The predicted octanol–water partition coefficient (Wildman–Crippen LogP) is 4.94. The minimum atomic E-state index is -0.201. The fourth-order valence-electron chi connectivity index (χ4n) is 2.15. The largest absolute Gasteiger partial charge is 0.497 e. The van der Waals surface area contributed by atoms with E-state index in [2.05, 4.69) is 15.9 Å². The Bertz CT molecular complexity index is 595. The second-order valence-electron chi connectivity index (χ2n) is 4.59. The second-order valence-corrected chi connectivity index (χ2v) is 5.50. The molecule has 0 bridgehead atoms. The topological polar surface area (TPSA) is 9.23 Å². The maximum Gasteiger partial charge on any atom is 0.123 e. The van der Waals surface area contributed by atoms with Crippen molar-refractivity contribution < 1.29 is 9.13 Å². The fraction of sp³-hybridized carbons (Fsp3) is 0.250. The molecular weight excluding hydrogens is 307 g/mol. The van der Waals surface area contributed by atoms with Crippen LogP contribution in [0.3, 0.4) is 0 Å². The van der Waals surface area contributed by atoms with Gasteiger partial charge >= 0.3 is 0 Å². The minimum Gasteiger partial charge on any atom is -0.497 e. The third-order valence-electron chi connectivity index (χ3n) is 3.25. The van der Waals surface area contributed by atoms with Crippen LogP contribution in [0.4, 0.5) is 4.39 Å². The van der Waals surface area contributed by atoms with Crippen molar-refractivity contribution >= 4 is 15.9 Å². The third-order valence-corrected chi connectivity index (χ3v) is 4.24. The minimum absolute atomic E-state index is 0.0546. The summed E-state index contributed by atoms with van der Waals surface area (Å²) >= 11 is 3.70. The molecule has 0 aromatic heterocycles. The van der Waals surface area contributed by atoms with Gasteiger partial charge in [0.05, 0.1) is 11.9 Å². The quantitative estimate of drug-likeness (QED) is 0.727. The van der Waals surface area contributed by atoms with E-state index in [-0.39, 0.29) is 10.6 Å². The molecule has 0 aliphatic heterocycles. The van der Waals surface area contributed by atoms with Crippen LogP contribution in [-0.4, -0.2) is 7.11 Å². The van der Waals surface area contributed by atoms with Crippen LogP contribution in [0.1, 0.15) is 27.1 Å². The van der Waals surface area contributed by atoms with Crippen LogP contribution in [0.5, 0.6) is 5.75 Å². The molecule has 0 aliphatic rings. The van der Waals surface area contributed by atoms with Crippen LogP contribution in [-0.2, 0) is 0 Å². The maximum absolute atomic E-state index is 13.2. The smallest absolute Gasteiger partial charge is 0.123 e. The molecule has 0 saturated heterocycles. The number of ether oxygens (including phenoxy) is 1. The Hall–Kier alpha value is -1.35. The summed E-state index contributed by atoms with van der Waals surface area (Å²) in [5.41, 5.74) is 4.33. The SMILES string of the molecule is COc1ccc(C(Br)c2ccc(F)cc2C)c(C)c1. The molecule has 100 valence electrons. The lowest BCUT2D eigenvalue weighted by atomic mass is 9.97. The van der Waals surface area contributed by atoms with Crippen molar-refractivity contribution in [1.29, 1.82) is 0 Å². The van der Waals surface area contributed by atoms with E-state index >= 15 is 0 Å². The van der Waals surface area contributed by atoms with E-state index in [1.54, 1.807) is 13.2 Å². The van der Waals surface area contributed by atoms with E-state index in [0.717, 1.165) is 28.0 Å². The van der Waals surface area contributed by atoms with Gasteiger partial charge in [-0.05, 0) is 60.4 Å². The van der Waals surface area contributed by atoms with Gasteiger partial charge in [-0.25, -0.2) is 4.39 Å². The Labute approximate surface area is 121 Å². The molecule has 1 unspecified atom stereocenters. The first-order valence-corrected chi connectivity index (χ1v) is 6.99. The highest BCUT2D eigenvalue weighted by Gasteiger charge is 2.15. The van der Waals surface area contributed by atoms with Crippen LogP contribution in [0.2, 0.25) is 0 Å². The zero-order valence-corrected chi connectivity index (χ0v) is 12.8. The number of methoxy groups -OCH3 is 1. The molecule has 1 atom stereocenters. The lowest BCUT2D eigenvalue weighted by molar-refractivity contribution is 0.414. The highest BCUT2D eigenvalue weighted by atomic mass is 79.9. The highest BCUT2D eigenvalue weighted by Crippen LogP contribution is 2.35. The molecule has 0 radical (unpaired) electrons. The molecule has 0 fully saturated rings. The van der Waals surface area contributed by atoms with Gasteiger partial charge in [0.1, 0.15) is 11.6 Å². The molecule has 0 amide bonds. The number of alkyl halides is 1. The number of hydrogen-bond acceptors (Lipinski definition) is 1. The molecule has 2 rings (SSSR count). The molecule has 19 heavy (non-hydrogen) atoms. The third kappa shape index (κ3) is 2.98. The van der Waals surface area contributed by atoms with Crippen molar-refractivity contribution in [3.05, 3.63) is 64.5 Å². The normalized spacial score (nSPS) is 12.3. The van der Waals surface area contributed by atoms with E-state index in [1.807, 2.05) is 38.1 Å². The summed E-state index contributed by atoms with van der Waals surface area (Å²) in [7, 11) is 1.66. The monoisotopic (exact) mass is 322 g/mol. The van der Waals surface area contributed by atoms with Gasteiger partial charge in [0.25, 0.3) is 0 Å². The van der Waals surface area contributed by atoms with Crippen molar-refractivity contribution in [3.8, 4) is 5.75 Å². The van der Waals surface area contributed by atoms with E-state index in [1.165, 1.54) is 6.07 Å². The summed E-state index contributed by atoms with van der Waals surface area (Å²) in [4.78, 5) is 0.0546. The first kappa shape index (κ1) is 14.1.